The van der Waals surface area contributed by atoms with Gasteiger partial charge in [-0.1, -0.05) is 14.9 Å². The van der Waals surface area contributed by atoms with E-state index in [0.717, 1.165) is 0 Å². The van der Waals surface area contributed by atoms with E-state index in [9.17, 15) is 0 Å². The molecular formula is C4H16KN-2. The van der Waals surface area contributed by atoms with Crippen molar-refractivity contribution in [2.75, 3.05) is 0 Å². The van der Waals surface area contributed by atoms with Crippen LogP contribution in [-0.2, 0) is 0 Å². The standard InChI is InChI=1S/2CH4.2CH3.K.H2N/h2*1H4;2*1H3;;1H2/q;;2*-1;+1;-1. The Hall–Kier alpha value is 1.60. The molecule has 40 valence electrons. The molecule has 2 heteroatoms. The van der Waals surface area contributed by atoms with E-state index in [1.54, 1.807) is 0 Å². The summed E-state index contributed by atoms with van der Waals surface area (Å²) in [4.78, 5) is 0. The van der Waals surface area contributed by atoms with Crippen LogP contribution in [0.4, 0.5) is 0 Å². The molecule has 1 nitrogen and oxygen atoms in total. The summed E-state index contributed by atoms with van der Waals surface area (Å²) in [5.41, 5.74) is 0. The molecule has 0 spiro atoms. The Balaban J connectivity index is 0. The maximum Gasteiger partial charge on any atom is 1.00 e. The quantitative estimate of drug-likeness (QED) is 0.313. The second-order valence-corrected chi connectivity index (χ2v) is 0. The van der Waals surface area contributed by atoms with Crippen molar-refractivity contribution in [1.29, 1.82) is 0 Å². The van der Waals surface area contributed by atoms with Crippen LogP contribution < -0.4 is 51.4 Å². The van der Waals surface area contributed by atoms with Gasteiger partial charge in [-0.2, -0.15) is 0 Å². The number of nitrogens with two attached hydrogens (primary N) is 1. The van der Waals surface area contributed by atoms with E-state index < -0.39 is 0 Å². The van der Waals surface area contributed by atoms with Crippen LogP contribution in [0, 0.1) is 14.9 Å². The molecule has 2 N–H and O–H groups in total. The Morgan fingerprint density at radius 1 is 0.667 bits per heavy atom. The Bertz CT molecular complexity index is 7.51. The third-order valence-corrected chi connectivity index (χ3v) is 0. The fraction of sp³-hybridized carbons (Fsp3) is 0.500. The van der Waals surface area contributed by atoms with Crippen molar-refractivity contribution in [3.63, 3.8) is 0 Å². The van der Waals surface area contributed by atoms with Crippen LogP contribution in [-0.4, -0.2) is 0 Å². The summed E-state index contributed by atoms with van der Waals surface area (Å²) in [5, 5.41) is 0. The fourth-order valence-electron chi connectivity index (χ4n) is 0. The first-order valence-corrected chi connectivity index (χ1v) is 0. The molecule has 0 saturated carbocycles. The predicted octanol–water partition coefficient (Wildman–Crippen LogP) is -0.106. The Kier molecular flexibility index (Phi) is 1750. The van der Waals surface area contributed by atoms with Gasteiger partial charge in [0.1, 0.15) is 0 Å². The molecule has 0 aliphatic rings. The summed E-state index contributed by atoms with van der Waals surface area (Å²) >= 11 is 0. The molecule has 0 aliphatic carbocycles. The van der Waals surface area contributed by atoms with Crippen molar-refractivity contribution in [3.05, 3.63) is 21.0 Å². The van der Waals surface area contributed by atoms with Crippen LogP contribution >= 0.6 is 0 Å². The summed E-state index contributed by atoms with van der Waals surface area (Å²) in [6.45, 7) is 0. The largest absolute Gasteiger partial charge is 1.00 e. The predicted molar refractivity (Wildman–Crippen MR) is 31.6 cm³/mol. The minimum absolute atomic E-state index is 0. The molecule has 0 saturated heterocycles. The van der Waals surface area contributed by atoms with Gasteiger partial charge in [-0.05, 0) is 0 Å². The SMILES string of the molecule is C.C.[CH3-].[CH3-].[K+].[NH2-]. The second-order valence-electron chi connectivity index (χ2n) is 0. The van der Waals surface area contributed by atoms with Crippen LogP contribution in [0.1, 0.15) is 14.9 Å². The first-order chi connectivity index (χ1) is 0. The fourth-order valence-corrected chi connectivity index (χ4v) is 0. The molecule has 0 fully saturated rings. The minimum atomic E-state index is 0. The van der Waals surface area contributed by atoms with Gasteiger partial charge in [0.25, 0.3) is 0 Å². The molecule has 0 heterocycles. The summed E-state index contributed by atoms with van der Waals surface area (Å²) < 4.78 is 0. The maximum absolute atomic E-state index is 0. The van der Waals surface area contributed by atoms with Crippen molar-refractivity contribution >= 4 is 0 Å². The van der Waals surface area contributed by atoms with Gasteiger partial charge in [0.2, 0.25) is 0 Å². The van der Waals surface area contributed by atoms with Crippen molar-refractivity contribution < 1.29 is 51.4 Å². The molecule has 0 aromatic carbocycles. The Labute approximate surface area is 85.9 Å². The van der Waals surface area contributed by atoms with Crippen LogP contribution in [0.3, 0.4) is 0 Å². The van der Waals surface area contributed by atoms with Crippen molar-refractivity contribution in [2.45, 2.75) is 14.9 Å². The van der Waals surface area contributed by atoms with Gasteiger partial charge < -0.3 is 21.0 Å². The maximum atomic E-state index is 0. The smallest absolute Gasteiger partial charge is 0.693 e. The van der Waals surface area contributed by atoms with Gasteiger partial charge in [0, 0.05) is 0 Å². The molecule has 0 bridgehead atoms. The number of rotatable bonds is 0. The van der Waals surface area contributed by atoms with Crippen LogP contribution in [0.15, 0.2) is 0 Å². The van der Waals surface area contributed by atoms with Crippen molar-refractivity contribution in [3.8, 4) is 0 Å². The summed E-state index contributed by atoms with van der Waals surface area (Å²) in [7, 11) is 0. The average Bonchev–Trinajstić information content (AvgIpc) is 0. The molecule has 0 rings (SSSR count). The third-order valence-electron chi connectivity index (χ3n) is 0. The molecule has 0 radical (unpaired) electrons. The first kappa shape index (κ1) is 130. The molecule has 0 aromatic rings. The molecule has 0 aliphatic heterocycles. The summed E-state index contributed by atoms with van der Waals surface area (Å²) in [6, 6.07) is 0. The molecule has 0 unspecified atom stereocenters. The van der Waals surface area contributed by atoms with E-state index in [4.69, 9.17) is 0 Å². The zero-order chi connectivity index (χ0) is 0. The number of hydrogen-bond acceptors (Lipinski definition) is 0. The zero-order valence-corrected chi connectivity index (χ0v) is 6.70. The molecule has 0 amide bonds. The average molecular weight is 117 g/mol. The molecule has 0 atom stereocenters. The summed E-state index contributed by atoms with van der Waals surface area (Å²) in [5.74, 6) is 0. The van der Waals surface area contributed by atoms with Crippen molar-refractivity contribution in [2.24, 2.45) is 0 Å². The summed E-state index contributed by atoms with van der Waals surface area (Å²) in [6.07, 6.45) is 0. The van der Waals surface area contributed by atoms with Gasteiger partial charge in [-0.3, -0.25) is 0 Å². The van der Waals surface area contributed by atoms with Gasteiger partial charge >= 0.3 is 51.4 Å². The van der Waals surface area contributed by atoms with Crippen molar-refractivity contribution in [1.82, 2.24) is 0 Å². The minimum Gasteiger partial charge on any atom is -0.693 e. The Morgan fingerprint density at radius 3 is 0.667 bits per heavy atom. The van der Waals surface area contributed by atoms with E-state index in [0.29, 0.717) is 0 Å². The van der Waals surface area contributed by atoms with E-state index >= 15 is 0 Å². The van der Waals surface area contributed by atoms with Gasteiger partial charge in [0.15, 0.2) is 0 Å². The van der Waals surface area contributed by atoms with E-state index in [2.05, 4.69) is 0 Å². The monoisotopic (exact) mass is 117 g/mol. The molecule has 0 aromatic heterocycles. The normalized spacial score (nSPS) is 0. The third kappa shape index (κ3) is 46.4. The number of hydrogen-bond donors (Lipinski definition) is 0. The first-order valence-electron chi connectivity index (χ1n) is 0. The molecular weight excluding hydrogens is 101 g/mol. The van der Waals surface area contributed by atoms with Gasteiger partial charge in [-0.15, -0.1) is 0 Å². The second kappa shape index (κ2) is 81.1. The Morgan fingerprint density at radius 2 is 0.667 bits per heavy atom. The van der Waals surface area contributed by atoms with E-state index in [1.807, 2.05) is 0 Å². The van der Waals surface area contributed by atoms with Crippen LogP contribution in [0.25, 0.3) is 6.15 Å². The van der Waals surface area contributed by atoms with Crippen LogP contribution in [0.5, 0.6) is 0 Å². The van der Waals surface area contributed by atoms with Gasteiger partial charge in [-0.25, -0.2) is 0 Å². The van der Waals surface area contributed by atoms with Crippen LogP contribution in [0.2, 0.25) is 0 Å². The molecule has 6 heavy (non-hydrogen) atoms. The van der Waals surface area contributed by atoms with E-state index in [1.165, 1.54) is 0 Å². The van der Waals surface area contributed by atoms with E-state index in [-0.39, 0.29) is 87.2 Å². The topological polar surface area (TPSA) is 33.5 Å². The van der Waals surface area contributed by atoms with Gasteiger partial charge in [0.05, 0.1) is 0 Å². The zero-order valence-electron chi connectivity index (χ0n) is 3.58.